The molecule has 1 N–H and O–H groups in total. The normalized spacial score (nSPS) is 16.5. The molecule has 0 bridgehead atoms. The van der Waals surface area contributed by atoms with Crippen molar-refractivity contribution >= 4 is 70.5 Å². The Morgan fingerprint density at radius 1 is 1.20 bits per heavy atom. The molecule has 0 aliphatic carbocycles. The summed E-state index contributed by atoms with van der Waals surface area (Å²) in [4.78, 5) is 17.8. The molecule has 2 aromatic carbocycles. The van der Waals surface area contributed by atoms with Gasteiger partial charge in [0.2, 0.25) is 10.0 Å². The predicted octanol–water partition coefficient (Wildman–Crippen LogP) is 4.93. The summed E-state index contributed by atoms with van der Waals surface area (Å²) >= 11 is 7.56. The fourth-order valence-corrected chi connectivity index (χ4v) is 9.03. The van der Waals surface area contributed by atoms with E-state index < -0.39 is 37.7 Å². The first-order chi connectivity index (χ1) is 20.8. The molecular formula is C28H27ClFN5O6S3. The molecule has 1 aliphatic rings. The van der Waals surface area contributed by atoms with Crippen LogP contribution < -0.4 is 9.62 Å². The number of nitrogens with zero attached hydrogens (tertiary/aromatic N) is 4. The predicted molar refractivity (Wildman–Crippen MR) is 167 cm³/mol. The highest BCUT2D eigenvalue weighted by Crippen LogP contribution is 2.43. The average molecular weight is 680 g/mol. The molecule has 16 heteroatoms. The fourth-order valence-electron chi connectivity index (χ4n) is 5.59. The standard InChI is InChI=1S/C28H27ClFN5O6S3/c1-31-26(36)23-20-13-19(17-5-4-10-34(15-17)44(39,40)27-25(29)32-28-35(27)11-12-42-28)21(33(2)43(3,37)38)14-22(20)41-24(23)16-6-8-18(30)9-7-16/h6-9,11-14,17H,4-5,10,15H2,1-3H3,(H,31,36)/t17-/m1/s1. The van der Waals surface area contributed by atoms with Crippen molar-refractivity contribution < 1.29 is 30.4 Å². The minimum atomic E-state index is -4.09. The number of benzene rings is 2. The number of amides is 1. The lowest BCUT2D eigenvalue weighted by Crippen LogP contribution is -2.40. The van der Waals surface area contributed by atoms with Crippen LogP contribution in [0.25, 0.3) is 27.3 Å². The lowest BCUT2D eigenvalue weighted by Gasteiger charge is -2.34. The molecule has 11 nitrogen and oxygen atoms in total. The van der Waals surface area contributed by atoms with E-state index >= 15 is 0 Å². The molecule has 5 aromatic rings. The van der Waals surface area contributed by atoms with Gasteiger partial charge in [0.1, 0.15) is 17.2 Å². The van der Waals surface area contributed by atoms with Crippen LogP contribution in [0.3, 0.4) is 0 Å². The third-order valence-electron chi connectivity index (χ3n) is 7.82. The maximum absolute atomic E-state index is 13.9. The molecular weight excluding hydrogens is 653 g/mol. The highest BCUT2D eigenvalue weighted by atomic mass is 35.5. The van der Waals surface area contributed by atoms with Crippen LogP contribution in [0.15, 0.2) is 57.4 Å². The van der Waals surface area contributed by atoms with Crippen molar-refractivity contribution in [1.29, 1.82) is 0 Å². The number of hydrogen-bond acceptors (Lipinski definition) is 8. The van der Waals surface area contributed by atoms with Crippen LogP contribution in [0, 0.1) is 5.82 Å². The van der Waals surface area contributed by atoms with Crippen LogP contribution in [0.1, 0.15) is 34.7 Å². The first kappa shape index (κ1) is 30.5. The van der Waals surface area contributed by atoms with Gasteiger partial charge in [-0.3, -0.25) is 13.5 Å². The average Bonchev–Trinajstić information content (AvgIpc) is 3.68. The van der Waals surface area contributed by atoms with Gasteiger partial charge in [-0.2, -0.15) is 4.31 Å². The molecule has 4 heterocycles. The monoisotopic (exact) mass is 679 g/mol. The number of aromatic nitrogens is 2. The number of furan rings is 1. The molecule has 0 unspecified atom stereocenters. The van der Waals surface area contributed by atoms with Crippen LogP contribution in [0.4, 0.5) is 10.1 Å². The molecule has 0 radical (unpaired) electrons. The summed E-state index contributed by atoms with van der Waals surface area (Å²) in [6.45, 7) is 0.264. The van der Waals surface area contributed by atoms with Gasteiger partial charge in [0.05, 0.1) is 17.5 Å². The van der Waals surface area contributed by atoms with Gasteiger partial charge in [-0.15, -0.1) is 11.3 Å². The number of carbonyl (C=O) groups is 1. The lowest BCUT2D eigenvalue weighted by atomic mass is 9.89. The van der Waals surface area contributed by atoms with Gasteiger partial charge in [0.15, 0.2) is 15.1 Å². The zero-order valence-electron chi connectivity index (χ0n) is 23.7. The lowest BCUT2D eigenvalue weighted by molar-refractivity contribution is 0.0964. The van der Waals surface area contributed by atoms with Crippen LogP contribution in [-0.2, 0) is 20.0 Å². The molecule has 1 fully saturated rings. The van der Waals surface area contributed by atoms with Crippen molar-refractivity contribution in [3.63, 3.8) is 0 Å². The number of thiazole rings is 1. The molecule has 6 rings (SSSR count). The Hall–Kier alpha value is -3.50. The molecule has 0 saturated carbocycles. The summed E-state index contributed by atoms with van der Waals surface area (Å²) in [5, 5.41) is 4.49. The topological polar surface area (TPSA) is 134 Å². The Kier molecular flexibility index (Phi) is 7.73. The van der Waals surface area contributed by atoms with Gasteiger partial charge in [-0.25, -0.2) is 26.2 Å². The van der Waals surface area contributed by atoms with Gasteiger partial charge in [0.25, 0.3) is 15.9 Å². The first-order valence-electron chi connectivity index (χ1n) is 13.4. The molecule has 1 amide bonds. The summed E-state index contributed by atoms with van der Waals surface area (Å²) in [6.07, 6.45) is 3.70. The van der Waals surface area contributed by atoms with Crippen molar-refractivity contribution in [2.24, 2.45) is 0 Å². The van der Waals surface area contributed by atoms with E-state index in [0.29, 0.717) is 34.3 Å². The number of anilines is 1. The van der Waals surface area contributed by atoms with E-state index in [4.69, 9.17) is 16.0 Å². The van der Waals surface area contributed by atoms with Gasteiger partial charge in [0, 0.05) is 55.8 Å². The van der Waals surface area contributed by atoms with Crippen molar-refractivity contribution in [2.75, 3.05) is 37.7 Å². The van der Waals surface area contributed by atoms with Crippen molar-refractivity contribution in [3.8, 4) is 11.3 Å². The zero-order valence-corrected chi connectivity index (χ0v) is 26.9. The second-order valence-electron chi connectivity index (χ2n) is 10.5. The summed E-state index contributed by atoms with van der Waals surface area (Å²) in [7, 11) is -4.97. The SMILES string of the molecule is CNC(=O)c1c(-c2ccc(F)cc2)oc2cc(N(C)S(C)(=O)=O)c([C@@H]3CCCN(S(=O)(=O)c4c(Cl)nc5sccn45)C3)cc12. The fraction of sp³-hybridized carbons (Fsp3) is 0.286. The number of imidazole rings is 1. The van der Waals surface area contributed by atoms with Gasteiger partial charge >= 0.3 is 0 Å². The van der Waals surface area contributed by atoms with E-state index in [9.17, 15) is 26.0 Å². The quantitative estimate of drug-likeness (QED) is 0.258. The third kappa shape index (κ3) is 5.15. The second-order valence-corrected chi connectivity index (χ2v) is 15.6. The maximum atomic E-state index is 13.9. The highest BCUT2D eigenvalue weighted by Gasteiger charge is 2.37. The van der Waals surface area contributed by atoms with E-state index in [0.717, 1.165) is 10.6 Å². The minimum Gasteiger partial charge on any atom is -0.455 e. The van der Waals surface area contributed by atoms with Crippen molar-refractivity contribution in [1.82, 2.24) is 19.0 Å². The number of piperidine rings is 1. The van der Waals surface area contributed by atoms with E-state index in [1.165, 1.54) is 58.4 Å². The Morgan fingerprint density at radius 3 is 2.61 bits per heavy atom. The Labute approximate surface area is 261 Å². The molecule has 0 spiro atoms. The van der Waals surface area contributed by atoms with Crippen molar-refractivity contribution in [3.05, 3.63) is 70.1 Å². The number of fused-ring (bicyclic) bond motifs is 2. The van der Waals surface area contributed by atoms with Gasteiger partial charge < -0.3 is 9.73 Å². The summed E-state index contributed by atoms with van der Waals surface area (Å²) in [5.74, 6) is -1.18. The zero-order chi connectivity index (χ0) is 31.6. The third-order valence-corrected chi connectivity index (χ3v) is 12.0. The number of hydrogen-bond donors (Lipinski definition) is 1. The molecule has 1 aliphatic heterocycles. The van der Waals surface area contributed by atoms with E-state index in [-0.39, 0.29) is 45.9 Å². The number of carbonyl (C=O) groups excluding carboxylic acids is 1. The van der Waals surface area contributed by atoms with Crippen LogP contribution in [0.2, 0.25) is 5.15 Å². The Bertz CT molecular complexity index is 2140. The van der Waals surface area contributed by atoms with E-state index in [2.05, 4.69) is 10.3 Å². The largest absolute Gasteiger partial charge is 0.455 e. The van der Waals surface area contributed by atoms with Gasteiger partial charge in [-0.1, -0.05) is 11.6 Å². The Balaban J connectivity index is 1.51. The molecule has 44 heavy (non-hydrogen) atoms. The van der Waals surface area contributed by atoms with E-state index in [1.807, 2.05) is 0 Å². The van der Waals surface area contributed by atoms with Crippen LogP contribution >= 0.6 is 22.9 Å². The highest BCUT2D eigenvalue weighted by molar-refractivity contribution is 7.92. The molecule has 3 aromatic heterocycles. The van der Waals surface area contributed by atoms with Gasteiger partial charge in [-0.05, 0) is 54.7 Å². The number of halogens is 2. The Morgan fingerprint density at radius 2 is 1.93 bits per heavy atom. The summed E-state index contributed by atoms with van der Waals surface area (Å²) in [5.41, 5.74) is 1.70. The van der Waals surface area contributed by atoms with Crippen molar-refractivity contribution in [2.45, 2.75) is 23.8 Å². The number of rotatable bonds is 7. The minimum absolute atomic E-state index is 0.0319. The van der Waals surface area contributed by atoms with Crippen LogP contribution in [0.5, 0.6) is 0 Å². The molecule has 232 valence electrons. The summed E-state index contributed by atoms with van der Waals surface area (Å²) < 4.78 is 77.0. The number of sulfonamides is 2. The first-order valence-corrected chi connectivity index (χ1v) is 18.0. The smallest absolute Gasteiger partial charge is 0.262 e. The summed E-state index contributed by atoms with van der Waals surface area (Å²) in [6, 6.07) is 8.70. The molecule has 1 atom stereocenters. The number of nitrogens with one attached hydrogen (secondary N) is 1. The molecule has 1 saturated heterocycles. The van der Waals surface area contributed by atoms with E-state index in [1.54, 1.807) is 23.7 Å². The van der Waals surface area contributed by atoms with Crippen LogP contribution in [-0.4, -0.2) is 69.9 Å². The maximum Gasteiger partial charge on any atom is 0.262 e. The second kappa shape index (κ2) is 11.1.